The van der Waals surface area contributed by atoms with Crippen LogP contribution in [0.3, 0.4) is 0 Å². The summed E-state index contributed by atoms with van der Waals surface area (Å²) < 4.78 is 0. The van der Waals surface area contributed by atoms with E-state index in [1.165, 1.54) is 29.5 Å². The monoisotopic (exact) mass is 202 g/mol. The molecule has 1 heteroatoms. The Bertz CT molecular complexity index is 404. The summed E-state index contributed by atoms with van der Waals surface area (Å²) in [6.07, 6.45) is 3.82. The fraction of sp³-hybridized carbons (Fsp3) is 0.571. The molecule has 0 aliphatic heterocycles. The zero-order chi connectivity index (χ0) is 10.6. The van der Waals surface area contributed by atoms with Crippen molar-refractivity contribution >= 4 is 0 Å². The number of phenols is 1. The van der Waals surface area contributed by atoms with Crippen molar-refractivity contribution < 1.29 is 5.11 Å². The summed E-state index contributed by atoms with van der Waals surface area (Å²) in [5.74, 6) is 2.53. The van der Waals surface area contributed by atoms with Crippen LogP contribution in [-0.2, 0) is 6.42 Å². The molecular weight excluding hydrogens is 184 g/mol. The third-order valence-corrected chi connectivity index (χ3v) is 4.18. The summed E-state index contributed by atoms with van der Waals surface area (Å²) in [5.41, 5.74) is 3.76. The predicted octanol–water partition coefficient (Wildman–Crippen LogP) is 3.57. The minimum Gasteiger partial charge on any atom is -0.507 e. The van der Waals surface area contributed by atoms with E-state index >= 15 is 0 Å². The van der Waals surface area contributed by atoms with Crippen LogP contribution in [0.5, 0.6) is 5.75 Å². The summed E-state index contributed by atoms with van der Waals surface area (Å²) in [4.78, 5) is 0. The number of rotatable bonds is 2. The molecule has 2 atom stereocenters. The third kappa shape index (κ3) is 1.29. The maximum Gasteiger partial charge on any atom is 0.122 e. The van der Waals surface area contributed by atoms with Crippen LogP contribution < -0.4 is 0 Å². The molecule has 0 aromatic heterocycles. The molecule has 1 aromatic rings. The fourth-order valence-corrected chi connectivity index (χ4v) is 2.91. The predicted molar refractivity (Wildman–Crippen MR) is 61.4 cm³/mol. The highest BCUT2D eigenvalue weighted by Crippen LogP contribution is 2.49. The fourth-order valence-electron chi connectivity index (χ4n) is 2.91. The van der Waals surface area contributed by atoms with Crippen molar-refractivity contribution in [1.29, 1.82) is 0 Å². The van der Waals surface area contributed by atoms with Gasteiger partial charge in [-0.25, -0.2) is 0 Å². The van der Waals surface area contributed by atoms with Gasteiger partial charge in [-0.3, -0.25) is 0 Å². The molecule has 2 aliphatic carbocycles. The SMILES string of the molecule is CC1Cc2ccc([C@@H](C)C3CC3)c(O)c21. The lowest BCUT2D eigenvalue weighted by Gasteiger charge is -2.30. The van der Waals surface area contributed by atoms with Gasteiger partial charge in [-0.05, 0) is 48.1 Å². The zero-order valence-corrected chi connectivity index (χ0v) is 9.46. The van der Waals surface area contributed by atoms with Crippen LogP contribution in [0.15, 0.2) is 12.1 Å². The molecule has 1 aromatic carbocycles. The van der Waals surface area contributed by atoms with Gasteiger partial charge in [0.15, 0.2) is 0 Å². The Labute approximate surface area is 91.1 Å². The molecule has 0 radical (unpaired) electrons. The zero-order valence-electron chi connectivity index (χ0n) is 9.46. The first-order valence-corrected chi connectivity index (χ1v) is 6.03. The van der Waals surface area contributed by atoms with Crippen molar-refractivity contribution in [1.82, 2.24) is 0 Å². The Hall–Kier alpha value is -0.980. The van der Waals surface area contributed by atoms with E-state index in [1.54, 1.807) is 0 Å². The van der Waals surface area contributed by atoms with Gasteiger partial charge in [0.05, 0.1) is 0 Å². The molecule has 2 aliphatic rings. The van der Waals surface area contributed by atoms with Crippen LogP contribution in [-0.4, -0.2) is 5.11 Å². The first-order chi connectivity index (χ1) is 7.18. The molecule has 1 saturated carbocycles. The summed E-state index contributed by atoms with van der Waals surface area (Å²) in [7, 11) is 0. The molecule has 1 unspecified atom stereocenters. The molecule has 0 bridgehead atoms. The highest BCUT2D eigenvalue weighted by molar-refractivity contribution is 5.54. The molecule has 0 spiro atoms. The van der Waals surface area contributed by atoms with E-state index in [-0.39, 0.29) is 0 Å². The molecule has 3 rings (SSSR count). The van der Waals surface area contributed by atoms with Crippen molar-refractivity contribution in [3.63, 3.8) is 0 Å². The molecular formula is C14H18O. The Morgan fingerprint density at radius 1 is 1.33 bits per heavy atom. The van der Waals surface area contributed by atoms with E-state index in [2.05, 4.69) is 26.0 Å². The van der Waals surface area contributed by atoms with Crippen molar-refractivity contribution in [2.75, 3.05) is 0 Å². The van der Waals surface area contributed by atoms with Crippen LogP contribution in [0, 0.1) is 5.92 Å². The van der Waals surface area contributed by atoms with Crippen LogP contribution in [0.4, 0.5) is 0 Å². The molecule has 0 heterocycles. The summed E-state index contributed by atoms with van der Waals surface area (Å²) in [6, 6.07) is 4.35. The molecule has 1 fully saturated rings. The second-order valence-corrected chi connectivity index (χ2v) is 5.31. The minimum atomic E-state index is 0.545. The van der Waals surface area contributed by atoms with Gasteiger partial charge >= 0.3 is 0 Å². The molecule has 1 N–H and O–H groups in total. The van der Waals surface area contributed by atoms with Gasteiger partial charge in [0.1, 0.15) is 5.75 Å². The number of hydrogen-bond acceptors (Lipinski definition) is 1. The normalized spacial score (nSPS) is 25.6. The highest BCUT2D eigenvalue weighted by atomic mass is 16.3. The second kappa shape index (κ2) is 3.01. The van der Waals surface area contributed by atoms with E-state index in [0.29, 0.717) is 17.6 Å². The van der Waals surface area contributed by atoms with Crippen molar-refractivity contribution in [3.8, 4) is 5.75 Å². The summed E-state index contributed by atoms with van der Waals surface area (Å²) in [6.45, 7) is 4.45. The largest absolute Gasteiger partial charge is 0.507 e. The van der Waals surface area contributed by atoms with Crippen molar-refractivity contribution in [2.45, 2.75) is 44.9 Å². The number of fused-ring (bicyclic) bond motifs is 1. The summed E-state index contributed by atoms with van der Waals surface area (Å²) >= 11 is 0. The quantitative estimate of drug-likeness (QED) is 0.777. The van der Waals surface area contributed by atoms with Crippen LogP contribution in [0.25, 0.3) is 0 Å². The third-order valence-electron chi connectivity index (χ3n) is 4.18. The smallest absolute Gasteiger partial charge is 0.122 e. The Morgan fingerprint density at radius 2 is 2.07 bits per heavy atom. The molecule has 80 valence electrons. The highest BCUT2D eigenvalue weighted by Gasteiger charge is 2.33. The second-order valence-electron chi connectivity index (χ2n) is 5.31. The van der Waals surface area contributed by atoms with E-state index in [4.69, 9.17) is 0 Å². The lowest BCUT2D eigenvalue weighted by atomic mass is 9.75. The van der Waals surface area contributed by atoms with Crippen LogP contribution in [0.2, 0.25) is 0 Å². The number of hydrogen-bond donors (Lipinski definition) is 1. The van der Waals surface area contributed by atoms with Gasteiger partial charge in [0, 0.05) is 5.56 Å². The Morgan fingerprint density at radius 3 is 2.67 bits per heavy atom. The number of aromatic hydroxyl groups is 1. The first kappa shape index (κ1) is 9.26. The van der Waals surface area contributed by atoms with Gasteiger partial charge in [-0.2, -0.15) is 0 Å². The first-order valence-electron chi connectivity index (χ1n) is 6.03. The van der Waals surface area contributed by atoms with Gasteiger partial charge in [-0.1, -0.05) is 26.0 Å². The Kier molecular flexibility index (Phi) is 1.86. The van der Waals surface area contributed by atoms with Crippen molar-refractivity contribution in [3.05, 3.63) is 28.8 Å². The number of benzene rings is 1. The lowest BCUT2D eigenvalue weighted by molar-refractivity contribution is 0.436. The Balaban J connectivity index is 2.01. The van der Waals surface area contributed by atoms with Gasteiger partial charge in [0.2, 0.25) is 0 Å². The van der Waals surface area contributed by atoms with Gasteiger partial charge in [-0.15, -0.1) is 0 Å². The van der Waals surface area contributed by atoms with Crippen molar-refractivity contribution in [2.24, 2.45) is 5.92 Å². The average Bonchev–Trinajstić information content (AvgIpc) is 2.98. The minimum absolute atomic E-state index is 0.545. The van der Waals surface area contributed by atoms with E-state index in [1.807, 2.05) is 0 Å². The lowest BCUT2D eigenvalue weighted by Crippen LogP contribution is -2.15. The summed E-state index contributed by atoms with van der Waals surface area (Å²) in [5, 5.41) is 10.2. The molecule has 0 saturated heterocycles. The standard InChI is InChI=1S/C14H18O/c1-8-7-11-5-6-12(14(15)13(8)11)9(2)10-3-4-10/h5-6,8-10,15H,3-4,7H2,1-2H3/t8?,9-/m0/s1. The van der Waals surface area contributed by atoms with E-state index < -0.39 is 0 Å². The topological polar surface area (TPSA) is 20.2 Å². The van der Waals surface area contributed by atoms with Crippen LogP contribution >= 0.6 is 0 Å². The van der Waals surface area contributed by atoms with Gasteiger partial charge in [0.25, 0.3) is 0 Å². The number of phenolic OH excluding ortho intramolecular Hbond substituents is 1. The maximum absolute atomic E-state index is 10.2. The van der Waals surface area contributed by atoms with E-state index in [9.17, 15) is 5.11 Å². The van der Waals surface area contributed by atoms with Crippen LogP contribution in [0.1, 0.15) is 55.2 Å². The maximum atomic E-state index is 10.2. The molecule has 15 heavy (non-hydrogen) atoms. The molecule has 1 nitrogen and oxygen atoms in total. The van der Waals surface area contributed by atoms with Gasteiger partial charge < -0.3 is 5.11 Å². The molecule has 0 amide bonds. The van der Waals surface area contributed by atoms with E-state index in [0.717, 1.165) is 12.3 Å². The average molecular weight is 202 g/mol.